The molecule has 0 aliphatic heterocycles. The van der Waals surface area contributed by atoms with Crippen molar-refractivity contribution >= 4 is 5.91 Å². The van der Waals surface area contributed by atoms with Gasteiger partial charge in [-0.2, -0.15) is 0 Å². The van der Waals surface area contributed by atoms with E-state index in [2.05, 4.69) is 20.8 Å². The van der Waals surface area contributed by atoms with Crippen molar-refractivity contribution in [2.24, 2.45) is 5.92 Å². The molecule has 2 rings (SSSR count). The average Bonchev–Trinajstić information content (AvgIpc) is 2.70. The van der Waals surface area contributed by atoms with Gasteiger partial charge in [0.15, 0.2) is 11.5 Å². The maximum Gasteiger partial charge on any atom is 0.223 e. The van der Waals surface area contributed by atoms with Crippen molar-refractivity contribution in [1.29, 1.82) is 0 Å². The zero-order valence-electron chi connectivity index (χ0n) is 17.6. The maximum absolute atomic E-state index is 12.6. The van der Waals surface area contributed by atoms with Crippen LogP contribution in [0.3, 0.4) is 0 Å². The van der Waals surface area contributed by atoms with Crippen LogP contribution in [-0.2, 0) is 17.9 Å². The molecule has 0 spiro atoms. The van der Waals surface area contributed by atoms with Crippen LogP contribution < -0.4 is 9.47 Å². The SMILES string of the molecule is CCCCN(Cc1ccc(OCc2ccccc2)c(OC)c1)C(=O)CC(C)C. The third-order valence-corrected chi connectivity index (χ3v) is 4.56. The van der Waals surface area contributed by atoms with Gasteiger partial charge in [0, 0.05) is 19.5 Å². The highest BCUT2D eigenvalue weighted by Gasteiger charge is 2.16. The lowest BCUT2D eigenvalue weighted by Crippen LogP contribution is -2.32. The minimum Gasteiger partial charge on any atom is -0.493 e. The van der Waals surface area contributed by atoms with Crippen LogP contribution >= 0.6 is 0 Å². The first-order valence-corrected chi connectivity index (χ1v) is 10.1. The lowest BCUT2D eigenvalue weighted by Gasteiger charge is -2.24. The molecule has 0 saturated heterocycles. The minimum atomic E-state index is 0.215. The highest BCUT2D eigenvalue weighted by Crippen LogP contribution is 2.29. The van der Waals surface area contributed by atoms with Gasteiger partial charge in [-0.3, -0.25) is 4.79 Å². The van der Waals surface area contributed by atoms with Crippen molar-refractivity contribution in [3.63, 3.8) is 0 Å². The molecule has 0 unspecified atom stereocenters. The molecular formula is C24H33NO3. The lowest BCUT2D eigenvalue weighted by molar-refractivity contribution is -0.132. The predicted octanol–water partition coefficient (Wildman–Crippen LogP) is 5.45. The molecule has 4 heteroatoms. The van der Waals surface area contributed by atoms with Gasteiger partial charge in [0.2, 0.25) is 5.91 Å². The van der Waals surface area contributed by atoms with Gasteiger partial charge in [-0.05, 0) is 35.6 Å². The summed E-state index contributed by atoms with van der Waals surface area (Å²) in [6.07, 6.45) is 2.67. The number of carbonyl (C=O) groups is 1. The minimum absolute atomic E-state index is 0.215. The summed E-state index contributed by atoms with van der Waals surface area (Å²) in [7, 11) is 1.65. The summed E-state index contributed by atoms with van der Waals surface area (Å²) >= 11 is 0. The van der Waals surface area contributed by atoms with Gasteiger partial charge in [0.05, 0.1) is 7.11 Å². The van der Waals surface area contributed by atoms with Crippen LogP contribution in [0.4, 0.5) is 0 Å². The van der Waals surface area contributed by atoms with E-state index in [4.69, 9.17) is 9.47 Å². The number of carbonyl (C=O) groups excluding carboxylic acids is 1. The fourth-order valence-corrected chi connectivity index (χ4v) is 3.00. The van der Waals surface area contributed by atoms with Gasteiger partial charge in [0.25, 0.3) is 0 Å². The average molecular weight is 384 g/mol. The number of methoxy groups -OCH3 is 1. The van der Waals surface area contributed by atoms with Crippen molar-refractivity contribution in [3.8, 4) is 11.5 Å². The topological polar surface area (TPSA) is 38.8 Å². The van der Waals surface area contributed by atoms with E-state index in [1.807, 2.05) is 53.4 Å². The summed E-state index contributed by atoms with van der Waals surface area (Å²) in [5.74, 6) is 1.98. The second-order valence-electron chi connectivity index (χ2n) is 7.53. The maximum atomic E-state index is 12.6. The van der Waals surface area contributed by atoms with Crippen LogP contribution in [-0.4, -0.2) is 24.5 Å². The Morgan fingerprint density at radius 3 is 2.43 bits per heavy atom. The smallest absolute Gasteiger partial charge is 0.223 e. The molecule has 0 heterocycles. The van der Waals surface area contributed by atoms with Gasteiger partial charge in [0.1, 0.15) is 6.61 Å². The van der Waals surface area contributed by atoms with E-state index >= 15 is 0 Å². The monoisotopic (exact) mass is 383 g/mol. The first kappa shape index (κ1) is 21.8. The van der Waals surface area contributed by atoms with E-state index in [0.29, 0.717) is 37.0 Å². The number of unbranched alkanes of at least 4 members (excludes halogenated alkanes) is 1. The van der Waals surface area contributed by atoms with E-state index in [1.165, 1.54) is 0 Å². The molecule has 2 aromatic carbocycles. The van der Waals surface area contributed by atoms with Crippen molar-refractivity contribution < 1.29 is 14.3 Å². The number of benzene rings is 2. The number of hydrogen-bond acceptors (Lipinski definition) is 3. The second-order valence-corrected chi connectivity index (χ2v) is 7.53. The largest absolute Gasteiger partial charge is 0.493 e. The third-order valence-electron chi connectivity index (χ3n) is 4.56. The van der Waals surface area contributed by atoms with Crippen molar-refractivity contribution in [2.75, 3.05) is 13.7 Å². The summed E-state index contributed by atoms with van der Waals surface area (Å²) in [6.45, 7) is 8.19. The van der Waals surface area contributed by atoms with E-state index in [0.717, 1.165) is 30.5 Å². The highest BCUT2D eigenvalue weighted by atomic mass is 16.5. The van der Waals surface area contributed by atoms with Crippen LogP contribution in [0.2, 0.25) is 0 Å². The van der Waals surface area contributed by atoms with Gasteiger partial charge < -0.3 is 14.4 Å². The van der Waals surface area contributed by atoms with Gasteiger partial charge >= 0.3 is 0 Å². The zero-order valence-corrected chi connectivity index (χ0v) is 17.6. The number of nitrogens with zero attached hydrogens (tertiary/aromatic N) is 1. The van der Waals surface area contributed by atoms with E-state index < -0.39 is 0 Å². The molecule has 0 aromatic heterocycles. The Labute approximate surface area is 169 Å². The fourth-order valence-electron chi connectivity index (χ4n) is 3.00. The van der Waals surface area contributed by atoms with Crippen molar-refractivity contribution in [1.82, 2.24) is 4.90 Å². The van der Waals surface area contributed by atoms with Crippen molar-refractivity contribution in [3.05, 3.63) is 59.7 Å². The molecule has 0 saturated carbocycles. The molecular weight excluding hydrogens is 350 g/mol. The number of rotatable bonds is 11. The Kier molecular flexibility index (Phi) is 8.86. The summed E-state index contributed by atoms with van der Waals surface area (Å²) in [5, 5.41) is 0. The third kappa shape index (κ3) is 6.91. The molecule has 0 aliphatic carbocycles. The number of ether oxygens (including phenoxy) is 2. The highest BCUT2D eigenvalue weighted by molar-refractivity contribution is 5.76. The first-order chi connectivity index (χ1) is 13.5. The molecule has 0 atom stereocenters. The molecule has 152 valence electrons. The van der Waals surface area contributed by atoms with E-state index in [-0.39, 0.29) is 5.91 Å². The van der Waals surface area contributed by atoms with Crippen molar-refractivity contribution in [2.45, 2.75) is 53.2 Å². The van der Waals surface area contributed by atoms with Gasteiger partial charge in [-0.1, -0.05) is 63.6 Å². The quantitative estimate of drug-likeness (QED) is 0.518. The zero-order chi connectivity index (χ0) is 20.4. The van der Waals surface area contributed by atoms with Crippen LogP contribution in [0.1, 0.15) is 51.2 Å². The van der Waals surface area contributed by atoms with Gasteiger partial charge in [-0.15, -0.1) is 0 Å². The van der Waals surface area contributed by atoms with E-state index in [1.54, 1.807) is 7.11 Å². The Morgan fingerprint density at radius 1 is 1.04 bits per heavy atom. The standard InChI is InChI=1S/C24H33NO3/c1-5-6-14-25(24(26)15-19(2)3)17-21-12-13-22(23(16-21)27-4)28-18-20-10-8-7-9-11-20/h7-13,16,19H,5-6,14-15,17-18H2,1-4H3. The molecule has 28 heavy (non-hydrogen) atoms. The molecule has 0 bridgehead atoms. The lowest BCUT2D eigenvalue weighted by atomic mass is 10.1. The Morgan fingerprint density at radius 2 is 1.79 bits per heavy atom. The predicted molar refractivity (Wildman–Crippen MR) is 114 cm³/mol. The summed E-state index contributed by atoms with van der Waals surface area (Å²) in [4.78, 5) is 14.6. The molecule has 0 aliphatic rings. The Bertz CT molecular complexity index is 728. The second kappa shape index (κ2) is 11.4. The molecule has 0 N–H and O–H groups in total. The van der Waals surface area contributed by atoms with Crippen LogP contribution in [0.15, 0.2) is 48.5 Å². The Hall–Kier alpha value is -2.49. The van der Waals surface area contributed by atoms with Crippen LogP contribution in [0, 0.1) is 5.92 Å². The summed E-state index contributed by atoms with van der Waals surface area (Å²) in [6, 6.07) is 16.0. The summed E-state index contributed by atoms with van der Waals surface area (Å²) < 4.78 is 11.5. The molecule has 2 aromatic rings. The molecule has 1 amide bonds. The molecule has 0 fully saturated rings. The Balaban J connectivity index is 2.08. The van der Waals surface area contributed by atoms with E-state index in [9.17, 15) is 4.79 Å². The molecule has 4 nitrogen and oxygen atoms in total. The number of hydrogen-bond donors (Lipinski definition) is 0. The van der Waals surface area contributed by atoms with Crippen LogP contribution in [0.5, 0.6) is 11.5 Å². The molecule has 0 radical (unpaired) electrons. The number of amides is 1. The fraction of sp³-hybridized carbons (Fsp3) is 0.458. The normalized spacial score (nSPS) is 10.8. The summed E-state index contributed by atoms with van der Waals surface area (Å²) in [5.41, 5.74) is 2.16. The van der Waals surface area contributed by atoms with Crippen LogP contribution in [0.25, 0.3) is 0 Å². The van der Waals surface area contributed by atoms with Gasteiger partial charge in [-0.25, -0.2) is 0 Å². The first-order valence-electron chi connectivity index (χ1n) is 10.1.